The summed E-state index contributed by atoms with van der Waals surface area (Å²) in [5.74, 6) is 2.47. The van der Waals surface area contributed by atoms with Crippen LogP contribution in [0.2, 0.25) is 0 Å². The molecule has 0 bridgehead atoms. The first-order valence-corrected chi connectivity index (χ1v) is 4.50. The Morgan fingerprint density at radius 1 is 1.60 bits per heavy atom. The van der Waals surface area contributed by atoms with Crippen LogP contribution >= 0.6 is 0 Å². The van der Waals surface area contributed by atoms with E-state index in [9.17, 15) is 4.79 Å². The highest BCUT2D eigenvalue weighted by Gasteiger charge is 2.16. The second kappa shape index (κ2) is 4.47. The predicted molar refractivity (Wildman–Crippen MR) is 59.3 cm³/mol. The second-order valence-electron chi connectivity index (χ2n) is 3.59. The fourth-order valence-electron chi connectivity index (χ4n) is 0.919. The first-order chi connectivity index (χ1) is 7.03. The molecule has 1 heterocycles. The molecule has 0 unspecified atom stereocenters. The van der Waals surface area contributed by atoms with E-state index in [-0.39, 0.29) is 6.03 Å². The molecule has 1 aromatic heterocycles. The molecule has 0 aliphatic heterocycles. The van der Waals surface area contributed by atoms with Crippen molar-refractivity contribution in [3.05, 3.63) is 24.5 Å². The van der Waals surface area contributed by atoms with Gasteiger partial charge in [0.2, 0.25) is 0 Å². The van der Waals surface area contributed by atoms with Crippen molar-refractivity contribution in [2.75, 3.05) is 5.32 Å². The third kappa shape index (κ3) is 3.69. The topological polar surface area (TPSA) is 54.0 Å². The van der Waals surface area contributed by atoms with Gasteiger partial charge in [-0.1, -0.05) is 5.92 Å². The van der Waals surface area contributed by atoms with Crippen molar-refractivity contribution in [3.63, 3.8) is 0 Å². The number of carbonyl (C=O) groups excluding carboxylic acids is 1. The molecule has 2 amide bonds. The van der Waals surface area contributed by atoms with Gasteiger partial charge in [0.1, 0.15) is 0 Å². The normalized spacial score (nSPS) is 10.2. The lowest BCUT2D eigenvalue weighted by molar-refractivity contribution is 0.247. The number of aromatic nitrogens is 1. The molecule has 0 aliphatic carbocycles. The number of rotatable bonds is 2. The molecule has 0 aliphatic rings. The number of hydrogen-bond donors (Lipinski definition) is 2. The van der Waals surface area contributed by atoms with Crippen LogP contribution in [0.3, 0.4) is 0 Å². The van der Waals surface area contributed by atoms with Gasteiger partial charge in [0.15, 0.2) is 0 Å². The molecular weight excluding hydrogens is 190 g/mol. The Labute approximate surface area is 89.1 Å². The second-order valence-corrected chi connectivity index (χ2v) is 3.59. The van der Waals surface area contributed by atoms with Crippen LogP contribution < -0.4 is 10.6 Å². The van der Waals surface area contributed by atoms with E-state index < -0.39 is 5.54 Å². The van der Waals surface area contributed by atoms with Gasteiger partial charge >= 0.3 is 6.03 Å². The van der Waals surface area contributed by atoms with E-state index in [1.54, 1.807) is 38.4 Å². The van der Waals surface area contributed by atoms with Crippen LogP contribution in [0.1, 0.15) is 13.8 Å². The van der Waals surface area contributed by atoms with Crippen LogP contribution in [0, 0.1) is 12.3 Å². The summed E-state index contributed by atoms with van der Waals surface area (Å²) in [4.78, 5) is 15.3. The van der Waals surface area contributed by atoms with Gasteiger partial charge in [-0.25, -0.2) is 4.79 Å². The Balaban J connectivity index is 2.55. The molecule has 0 fully saturated rings. The summed E-state index contributed by atoms with van der Waals surface area (Å²) in [6, 6.07) is 3.14. The smallest absolute Gasteiger partial charge is 0.320 e. The highest BCUT2D eigenvalue weighted by Crippen LogP contribution is 2.04. The fraction of sp³-hybridized carbons (Fsp3) is 0.273. The van der Waals surface area contributed by atoms with E-state index in [0.717, 1.165) is 0 Å². The lowest BCUT2D eigenvalue weighted by Crippen LogP contribution is -2.44. The number of terminal acetylenes is 1. The first-order valence-electron chi connectivity index (χ1n) is 4.50. The number of pyridine rings is 1. The van der Waals surface area contributed by atoms with Crippen LogP contribution in [0.4, 0.5) is 10.5 Å². The zero-order valence-electron chi connectivity index (χ0n) is 8.74. The Bertz CT molecular complexity index is 379. The third-order valence-corrected chi connectivity index (χ3v) is 1.71. The molecule has 0 radical (unpaired) electrons. The van der Waals surface area contributed by atoms with Crippen LogP contribution in [0.25, 0.3) is 0 Å². The average Bonchev–Trinajstić information content (AvgIpc) is 2.18. The van der Waals surface area contributed by atoms with Crippen molar-refractivity contribution < 1.29 is 4.79 Å². The molecule has 0 aromatic carbocycles. The highest BCUT2D eigenvalue weighted by molar-refractivity contribution is 5.89. The monoisotopic (exact) mass is 203 g/mol. The van der Waals surface area contributed by atoms with Crippen molar-refractivity contribution in [1.82, 2.24) is 10.3 Å². The molecule has 4 heteroatoms. The van der Waals surface area contributed by atoms with E-state index in [4.69, 9.17) is 6.42 Å². The SMILES string of the molecule is C#CC(C)(C)NC(=O)Nc1cccnc1. The third-order valence-electron chi connectivity index (χ3n) is 1.71. The number of carbonyl (C=O) groups is 1. The maximum Gasteiger partial charge on any atom is 0.320 e. The summed E-state index contributed by atoms with van der Waals surface area (Å²) in [7, 11) is 0. The summed E-state index contributed by atoms with van der Waals surface area (Å²) >= 11 is 0. The number of hydrogen-bond acceptors (Lipinski definition) is 2. The number of nitrogens with one attached hydrogen (secondary N) is 2. The van der Waals surface area contributed by atoms with Gasteiger partial charge in [-0.05, 0) is 26.0 Å². The number of amides is 2. The fourth-order valence-corrected chi connectivity index (χ4v) is 0.919. The zero-order chi connectivity index (χ0) is 11.3. The maximum atomic E-state index is 11.4. The molecule has 2 N–H and O–H groups in total. The van der Waals surface area contributed by atoms with Gasteiger partial charge in [0.05, 0.1) is 17.4 Å². The maximum absolute atomic E-state index is 11.4. The molecule has 15 heavy (non-hydrogen) atoms. The summed E-state index contributed by atoms with van der Waals surface area (Å²) < 4.78 is 0. The number of urea groups is 1. The minimum Gasteiger partial charge on any atom is -0.322 e. The van der Waals surface area contributed by atoms with Gasteiger partial charge in [-0.15, -0.1) is 6.42 Å². The van der Waals surface area contributed by atoms with Crippen molar-refractivity contribution >= 4 is 11.7 Å². The highest BCUT2D eigenvalue weighted by atomic mass is 16.2. The minimum atomic E-state index is -0.660. The molecule has 1 rings (SSSR count). The molecule has 0 spiro atoms. The van der Waals surface area contributed by atoms with Gasteiger partial charge in [0.25, 0.3) is 0 Å². The average molecular weight is 203 g/mol. The molecule has 1 aromatic rings. The van der Waals surface area contributed by atoms with Crippen molar-refractivity contribution in [2.45, 2.75) is 19.4 Å². The summed E-state index contributed by atoms with van der Waals surface area (Å²) in [6.45, 7) is 3.49. The standard InChI is InChI=1S/C11H13N3O/c1-4-11(2,3)14-10(15)13-9-6-5-7-12-8-9/h1,5-8H,2-3H3,(H2,13,14,15). The Hall–Kier alpha value is -2.02. The van der Waals surface area contributed by atoms with E-state index in [0.29, 0.717) is 5.69 Å². The lowest BCUT2D eigenvalue weighted by Gasteiger charge is -2.19. The lowest BCUT2D eigenvalue weighted by atomic mass is 10.1. The van der Waals surface area contributed by atoms with Crippen LogP contribution in [-0.4, -0.2) is 16.6 Å². The number of nitrogens with zero attached hydrogens (tertiary/aromatic N) is 1. The van der Waals surface area contributed by atoms with E-state index in [1.807, 2.05) is 0 Å². The van der Waals surface area contributed by atoms with E-state index in [1.165, 1.54) is 0 Å². The quantitative estimate of drug-likeness (QED) is 0.717. The minimum absolute atomic E-state index is 0.342. The van der Waals surface area contributed by atoms with E-state index in [2.05, 4.69) is 21.5 Å². The Morgan fingerprint density at radius 2 is 2.33 bits per heavy atom. The van der Waals surface area contributed by atoms with Crippen LogP contribution in [0.5, 0.6) is 0 Å². The molecular formula is C11H13N3O. The molecule has 0 atom stereocenters. The summed E-state index contributed by atoms with van der Waals surface area (Å²) in [6.07, 6.45) is 8.43. The van der Waals surface area contributed by atoms with Crippen molar-refractivity contribution in [2.24, 2.45) is 0 Å². The van der Waals surface area contributed by atoms with Crippen LogP contribution in [-0.2, 0) is 0 Å². The number of anilines is 1. The molecule has 78 valence electrons. The van der Waals surface area contributed by atoms with Crippen LogP contribution in [0.15, 0.2) is 24.5 Å². The molecule has 0 saturated carbocycles. The largest absolute Gasteiger partial charge is 0.322 e. The Kier molecular flexibility index (Phi) is 3.29. The molecule has 4 nitrogen and oxygen atoms in total. The van der Waals surface area contributed by atoms with Crippen molar-refractivity contribution in [1.29, 1.82) is 0 Å². The van der Waals surface area contributed by atoms with E-state index >= 15 is 0 Å². The summed E-state index contributed by atoms with van der Waals surface area (Å²) in [5.41, 5.74) is -0.0328. The Morgan fingerprint density at radius 3 is 2.87 bits per heavy atom. The first kappa shape index (κ1) is 11.1. The van der Waals surface area contributed by atoms with Gasteiger partial charge in [0, 0.05) is 6.20 Å². The predicted octanol–water partition coefficient (Wildman–Crippen LogP) is 1.61. The molecule has 0 saturated heterocycles. The van der Waals surface area contributed by atoms with Gasteiger partial charge in [-0.3, -0.25) is 4.98 Å². The van der Waals surface area contributed by atoms with Gasteiger partial charge < -0.3 is 10.6 Å². The van der Waals surface area contributed by atoms with Crippen molar-refractivity contribution in [3.8, 4) is 12.3 Å². The van der Waals surface area contributed by atoms with Gasteiger partial charge in [-0.2, -0.15) is 0 Å². The summed E-state index contributed by atoms with van der Waals surface area (Å²) in [5, 5.41) is 5.26. The zero-order valence-corrected chi connectivity index (χ0v) is 8.74.